The largest absolute Gasteiger partial charge is 0.496 e. The van der Waals surface area contributed by atoms with Crippen LogP contribution in [0.15, 0.2) is 54.7 Å². The molecule has 0 saturated heterocycles. The van der Waals surface area contributed by atoms with Gasteiger partial charge in [-0.2, -0.15) is 0 Å². The fourth-order valence-corrected chi connectivity index (χ4v) is 2.50. The molecule has 2 aromatic carbocycles. The van der Waals surface area contributed by atoms with E-state index in [2.05, 4.69) is 10.3 Å². The zero-order chi connectivity index (χ0) is 15.4. The Kier molecular flexibility index (Phi) is 4.10. The first-order chi connectivity index (χ1) is 10.8. The first kappa shape index (κ1) is 14.2. The second-order valence-corrected chi connectivity index (χ2v) is 5.16. The molecule has 4 heteroatoms. The van der Waals surface area contributed by atoms with E-state index in [4.69, 9.17) is 4.74 Å². The van der Waals surface area contributed by atoms with E-state index >= 15 is 0 Å². The molecule has 0 spiro atoms. The predicted molar refractivity (Wildman–Crippen MR) is 86.8 cm³/mol. The molecule has 0 bridgehead atoms. The van der Waals surface area contributed by atoms with Gasteiger partial charge in [0.15, 0.2) is 0 Å². The van der Waals surface area contributed by atoms with Gasteiger partial charge in [-0.1, -0.05) is 24.3 Å². The summed E-state index contributed by atoms with van der Waals surface area (Å²) in [5.41, 5.74) is 3.06. The summed E-state index contributed by atoms with van der Waals surface area (Å²) < 4.78 is 5.28. The molecule has 0 aliphatic carbocycles. The van der Waals surface area contributed by atoms with Crippen molar-refractivity contribution >= 4 is 16.8 Å². The van der Waals surface area contributed by atoms with E-state index in [0.29, 0.717) is 13.0 Å². The lowest BCUT2D eigenvalue weighted by atomic mass is 10.1. The van der Waals surface area contributed by atoms with Crippen LogP contribution in [-0.4, -0.2) is 18.0 Å². The number of hydrogen-bond acceptors (Lipinski definition) is 2. The van der Waals surface area contributed by atoms with Gasteiger partial charge in [0.2, 0.25) is 5.91 Å². The predicted octanol–water partition coefficient (Wildman–Crippen LogP) is 3.04. The zero-order valence-corrected chi connectivity index (χ0v) is 12.4. The van der Waals surface area contributed by atoms with Crippen LogP contribution in [0.5, 0.6) is 5.75 Å². The number of aromatic amines is 1. The van der Waals surface area contributed by atoms with Crippen molar-refractivity contribution in [3.8, 4) is 5.75 Å². The summed E-state index contributed by atoms with van der Waals surface area (Å²) in [6.45, 7) is 0.468. The molecular weight excluding hydrogens is 276 g/mol. The van der Waals surface area contributed by atoms with Crippen LogP contribution in [0.4, 0.5) is 0 Å². The van der Waals surface area contributed by atoms with Gasteiger partial charge in [-0.15, -0.1) is 0 Å². The number of methoxy groups -OCH3 is 1. The Morgan fingerprint density at radius 2 is 2.05 bits per heavy atom. The van der Waals surface area contributed by atoms with Crippen molar-refractivity contribution in [1.82, 2.24) is 10.3 Å². The molecule has 0 radical (unpaired) electrons. The van der Waals surface area contributed by atoms with Gasteiger partial charge in [0, 0.05) is 23.8 Å². The fraction of sp³-hybridized carbons (Fsp3) is 0.167. The summed E-state index contributed by atoms with van der Waals surface area (Å²) in [5.74, 6) is 0.789. The lowest BCUT2D eigenvalue weighted by Crippen LogP contribution is -2.24. The number of nitrogens with one attached hydrogen (secondary N) is 2. The van der Waals surface area contributed by atoms with Crippen LogP contribution in [0.2, 0.25) is 0 Å². The SMILES string of the molecule is COc1ccccc1CNC(=O)Cc1ccc2[nH]ccc2c1. The highest BCUT2D eigenvalue weighted by Crippen LogP contribution is 2.17. The second kappa shape index (κ2) is 6.35. The van der Waals surface area contributed by atoms with Crippen molar-refractivity contribution in [2.24, 2.45) is 0 Å². The van der Waals surface area contributed by atoms with Crippen LogP contribution < -0.4 is 10.1 Å². The van der Waals surface area contributed by atoms with Gasteiger partial charge in [-0.05, 0) is 35.2 Å². The molecule has 3 rings (SSSR count). The highest BCUT2D eigenvalue weighted by molar-refractivity contribution is 5.83. The van der Waals surface area contributed by atoms with Crippen LogP contribution >= 0.6 is 0 Å². The fourth-order valence-electron chi connectivity index (χ4n) is 2.50. The van der Waals surface area contributed by atoms with Crippen molar-refractivity contribution < 1.29 is 9.53 Å². The Balaban J connectivity index is 1.62. The van der Waals surface area contributed by atoms with Gasteiger partial charge in [0.1, 0.15) is 5.75 Å². The molecule has 0 aliphatic rings. The van der Waals surface area contributed by atoms with Gasteiger partial charge in [-0.25, -0.2) is 0 Å². The Bertz CT molecular complexity index is 792. The van der Waals surface area contributed by atoms with Gasteiger partial charge in [0.25, 0.3) is 0 Å². The number of amides is 1. The Morgan fingerprint density at radius 3 is 2.91 bits per heavy atom. The summed E-state index contributed by atoms with van der Waals surface area (Å²) in [6, 6.07) is 15.7. The molecule has 1 amide bonds. The lowest BCUT2D eigenvalue weighted by molar-refractivity contribution is -0.120. The van der Waals surface area contributed by atoms with E-state index in [1.165, 1.54) is 0 Å². The maximum absolute atomic E-state index is 12.1. The van der Waals surface area contributed by atoms with Crippen LogP contribution in [0.3, 0.4) is 0 Å². The summed E-state index contributed by atoms with van der Waals surface area (Å²) in [6.07, 6.45) is 2.27. The molecule has 1 aromatic heterocycles. The van der Waals surface area contributed by atoms with Crippen LogP contribution in [-0.2, 0) is 17.8 Å². The normalized spacial score (nSPS) is 10.6. The third-order valence-corrected chi connectivity index (χ3v) is 3.65. The third-order valence-electron chi connectivity index (χ3n) is 3.65. The molecule has 1 heterocycles. The number of hydrogen-bond donors (Lipinski definition) is 2. The number of ether oxygens (including phenoxy) is 1. The number of carbonyl (C=O) groups excluding carboxylic acids is 1. The molecule has 0 unspecified atom stereocenters. The average molecular weight is 294 g/mol. The average Bonchev–Trinajstić information content (AvgIpc) is 3.01. The lowest BCUT2D eigenvalue weighted by Gasteiger charge is -2.09. The van der Waals surface area contributed by atoms with Gasteiger partial charge >= 0.3 is 0 Å². The first-order valence-corrected chi connectivity index (χ1v) is 7.21. The number of rotatable bonds is 5. The van der Waals surface area contributed by atoms with Crippen molar-refractivity contribution in [2.75, 3.05) is 7.11 Å². The molecule has 22 heavy (non-hydrogen) atoms. The van der Waals surface area contributed by atoms with Gasteiger partial charge < -0.3 is 15.0 Å². The summed E-state index contributed by atoms with van der Waals surface area (Å²) in [7, 11) is 1.63. The molecule has 3 aromatic rings. The van der Waals surface area contributed by atoms with Crippen molar-refractivity contribution in [3.05, 3.63) is 65.9 Å². The number of benzene rings is 2. The highest BCUT2D eigenvalue weighted by atomic mass is 16.5. The Morgan fingerprint density at radius 1 is 1.18 bits per heavy atom. The summed E-state index contributed by atoms with van der Waals surface area (Å²) >= 11 is 0. The number of fused-ring (bicyclic) bond motifs is 1. The summed E-state index contributed by atoms with van der Waals surface area (Å²) in [5, 5.41) is 4.06. The minimum Gasteiger partial charge on any atom is -0.496 e. The number of H-pyrrole nitrogens is 1. The molecule has 0 saturated carbocycles. The van der Waals surface area contributed by atoms with Gasteiger partial charge in [0.05, 0.1) is 13.5 Å². The van der Waals surface area contributed by atoms with Gasteiger partial charge in [-0.3, -0.25) is 4.79 Å². The molecular formula is C18H18N2O2. The molecule has 0 aliphatic heterocycles. The van der Waals surface area contributed by atoms with Crippen LogP contribution in [0, 0.1) is 0 Å². The second-order valence-electron chi connectivity index (χ2n) is 5.16. The van der Waals surface area contributed by atoms with E-state index < -0.39 is 0 Å². The number of aromatic nitrogens is 1. The van der Waals surface area contributed by atoms with E-state index in [1.54, 1.807) is 7.11 Å². The topological polar surface area (TPSA) is 54.1 Å². The number of carbonyl (C=O) groups is 1. The molecule has 112 valence electrons. The quantitative estimate of drug-likeness (QED) is 0.760. The smallest absolute Gasteiger partial charge is 0.224 e. The zero-order valence-electron chi connectivity index (χ0n) is 12.4. The standard InChI is InChI=1S/C18H18N2O2/c1-22-17-5-3-2-4-15(17)12-20-18(21)11-13-6-7-16-14(10-13)8-9-19-16/h2-10,19H,11-12H2,1H3,(H,20,21). The van der Waals surface area contributed by atoms with E-state index in [-0.39, 0.29) is 5.91 Å². The Hall–Kier alpha value is -2.75. The van der Waals surface area contributed by atoms with Crippen molar-refractivity contribution in [3.63, 3.8) is 0 Å². The number of para-hydroxylation sites is 1. The van der Waals surface area contributed by atoms with Crippen LogP contribution in [0.25, 0.3) is 10.9 Å². The van der Waals surface area contributed by atoms with E-state index in [9.17, 15) is 4.79 Å². The minimum absolute atomic E-state index is 0.000733. The van der Waals surface area contributed by atoms with Crippen LogP contribution in [0.1, 0.15) is 11.1 Å². The monoisotopic (exact) mass is 294 g/mol. The van der Waals surface area contributed by atoms with E-state index in [1.807, 2.05) is 54.7 Å². The molecule has 0 fully saturated rings. The van der Waals surface area contributed by atoms with Crippen molar-refractivity contribution in [2.45, 2.75) is 13.0 Å². The first-order valence-electron chi connectivity index (χ1n) is 7.21. The molecule has 4 nitrogen and oxygen atoms in total. The highest BCUT2D eigenvalue weighted by Gasteiger charge is 2.07. The summed E-state index contributed by atoms with van der Waals surface area (Å²) in [4.78, 5) is 15.2. The maximum Gasteiger partial charge on any atom is 0.224 e. The maximum atomic E-state index is 12.1. The molecule has 2 N–H and O–H groups in total. The third kappa shape index (κ3) is 3.11. The Labute approximate surface area is 129 Å². The minimum atomic E-state index is 0.000733. The van der Waals surface area contributed by atoms with E-state index in [0.717, 1.165) is 27.8 Å². The van der Waals surface area contributed by atoms with Crippen molar-refractivity contribution in [1.29, 1.82) is 0 Å². The molecule has 0 atom stereocenters.